The van der Waals surface area contributed by atoms with Crippen molar-refractivity contribution in [3.63, 3.8) is 0 Å². The quantitative estimate of drug-likeness (QED) is 0.735. The summed E-state index contributed by atoms with van der Waals surface area (Å²) in [7, 11) is 1.52. The predicted molar refractivity (Wildman–Crippen MR) is 87.2 cm³/mol. The first-order chi connectivity index (χ1) is 9.20. The summed E-state index contributed by atoms with van der Waals surface area (Å²) in [5, 5.41) is 2.76. The largest absolute Gasteiger partial charge is 0.383 e. The normalized spacial score (nSPS) is 11.3. The van der Waals surface area contributed by atoms with Gasteiger partial charge in [0.05, 0.1) is 17.6 Å². The Labute approximate surface area is 135 Å². The molecular weight excluding hydrogens is 315 g/mol. The van der Waals surface area contributed by atoms with Crippen LogP contribution in [0.15, 0.2) is 24.3 Å². The highest BCUT2D eigenvalue weighted by atomic mass is 35.5. The third kappa shape index (κ3) is 5.51. The number of nitrogens with two attached hydrogens (primary N) is 1. The van der Waals surface area contributed by atoms with Gasteiger partial charge in [0.1, 0.15) is 11.9 Å². The molecule has 0 spiro atoms. The lowest BCUT2D eigenvalue weighted by Crippen LogP contribution is -2.44. The van der Waals surface area contributed by atoms with Crippen LogP contribution in [-0.4, -0.2) is 42.2 Å². The average molecular weight is 335 g/mol. The van der Waals surface area contributed by atoms with E-state index in [1.54, 1.807) is 0 Å². The van der Waals surface area contributed by atoms with Crippen molar-refractivity contribution >= 4 is 41.8 Å². The van der Waals surface area contributed by atoms with Crippen LogP contribution in [0.25, 0.3) is 11.0 Å². The number of halogens is 2. The number of carbonyl (C=O) groups is 1. The lowest BCUT2D eigenvalue weighted by molar-refractivity contribution is -0.123. The van der Waals surface area contributed by atoms with Crippen molar-refractivity contribution in [2.75, 3.05) is 20.3 Å². The number of benzene rings is 1. The lowest BCUT2D eigenvalue weighted by atomic mass is 10.3. The first kappa shape index (κ1) is 19.7. The van der Waals surface area contributed by atoms with Gasteiger partial charge in [-0.1, -0.05) is 12.1 Å². The van der Waals surface area contributed by atoms with Crippen LogP contribution in [0.4, 0.5) is 0 Å². The van der Waals surface area contributed by atoms with Crippen LogP contribution in [0.2, 0.25) is 0 Å². The smallest absolute Gasteiger partial charge is 0.239 e. The minimum atomic E-state index is -0.624. The molecule has 4 N–H and O–H groups in total. The number of fused-ring (bicyclic) bond motifs is 1. The molecule has 0 bridgehead atoms. The molecule has 1 aromatic carbocycles. The Hall–Kier alpha value is -1.34. The minimum Gasteiger partial charge on any atom is -0.383 e. The van der Waals surface area contributed by atoms with E-state index < -0.39 is 6.04 Å². The van der Waals surface area contributed by atoms with Crippen LogP contribution >= 0.6 is 24.8 Å². The Morgan fingerprint density at radius 2 is 2.14 bits per heavy atom. The molecule has 6 nitrogen and oxygen atoms in total. The first-order valence-electron chi connectivity index (χ1n) is 6.16. The number of methoxy groups -OCH3 is 1. The molecule has 0 radical (unpaired) electrons. The highest BCUT2D eigenvalue weighted by molar-refractivity contribution is 5.85. The zero-order valence-corrected chi connectivity index (χ0v) is 13.3. The molecule has 0 aliphatic heterocycles. The van der Waals surface area contributed by atoms with Crippen molar-refractivity contribution in [2.24, 2.45) is 5.73 Å². The number of rotatable bonds is 6. The molecule has 118 valence electrons. The number of nitrogens with zero attached hydrogens (tertiary/aromatic N) is 1. The van der Waals surface area contributed by atoms with Gasteiger partial charge in [-0.15, -0.1) is 24.8 Å². The van der Waals surface area contributed by atoms with E-state index in [-0.39, 0.29) is 37.3 Å². The number of H-pyrrole nitrogens is 1. The van der Waals surface area contributed by atoms with Gasteiger partial charge in [-0.2, -0.15) is 0 Å². The maximum atomic E-state index is 11.5. The Morgan fingerprint density at radius 1 is 1.43 bits per heavy atom. The molecule has 0 saturated carbocycles. The fourth-order valence-corrected chi connectivity index (χ4v) is 1.81. The van der Waals surface area contributed by atoms with E-state index in [1.165, 1.54) is 7.11 Å². The Balaban J connectivity index is 0.00000200. The van der Waals surface area contributed by atoms with Crippen molar-refractivity contribution in [3.05, 3.63) is 30.1 Å². The molecule has 21 heavy (non-hydrogen) atoms. The van der Waals surface area contributed by atoms with E-state index in [2.05, 4.69) is 15.3 Å². The van der Waals surface area contributed by atoms with Gasteiger partial charge in [-0.05, 0) is 12.1 Å². The second kappa shape index (κ2) is 9.57. The fourth-order valence-electron chi connectivity index (χ4n) is 1.81. The molecule has 2 aromatic rings. The van der Waals surface area contributed by atoms with Gasteiger partial charge < -0.3 is 20.8 Å². The van der Waals surface area contributed by atoms with Gasteiger partial charge in [0.25, 0.3) is 0 Å². The monoisotopic (exact) mass is 334 g/mol. The molecule has 0 aliphatic carbocycles. The number of hydrogen-bond acceptors (Lipinski definition) is 4. The molecule has 8 heteroatoms. The van der Waals surface area contributed by atoms with E-state index in [0.717, 1.165) is 16.9 Å². The van der Waals surface area contributed by atoms with Crippen molar-refractivity contribution in [1.29, 1.82) is 0 Å². The van der Waals surface area contributed by atoms with Crippen LogP contribution in [0, 0.1) is 0 Å². The number of amides is 1. The highest BCUT2D eigenvalue weighted by Gasteiger charge is 2.12. The molecular formula is C13H20Cl2N4O2. The summed E-state index contributed by atoms with van der Waals surface area (Å²) in [6, 6.07) is 7.19. The van der Waals surface area contributed by atoms with Gasteiger partial charge in [0, 0.05) is 20.1 Å². The van der Waals surface area contributed by atoms with Gasteiger partial charge >= 0.3 is 0 Å². The predicted octanol–water partition coefficient (Wildman–Crippen LogP) is 1.04. The van der Waals surface area contributed by atoms with E-state index in [4.69, 9.17) is 10.5 Å². The SMILES string of the molecule is COCC(N)C(=O)NCCc1nc2ccccc2[nH]1.Cl.Cl. The van der Waals surface area contributed by atoms with Crippen LogP contribution in [-0.2, 0) is 16.0 Å². The van der Waals surface area contributed by atoms with E-state index in [1.807, 2.05) is 24.3 Å². The number of aromatic nitrogens is 2. The number of hydrogen-bond donors (Lipinski definition) is 3. The summed E-state index contributed by atoms with van der Waals surface area (Å²) in [4.78, 5) is 19.2. The number of imidazole rings is 1. The third-order valence-corrected chi connectivity index (χ3v) is 2.78. The number of para-hydroxylation sites is 2. The van der Waals surface area contributed by atoms with Gasteiger partial charge in [0.2, 0.25) is 5.91 Å². The van der Waals surface area contributed by atoms with Crippen LogP contribution in [0.5, 0.6) is 0 Å². The van der Waals surface area contributed by atoms with Crippen LogP contribution in [0.1, 0.15) is 5.82 Å². The summed E-state index contributed by atoms with van der Waals surface area (Å²) in [6.07, 6.45) is 0.639. The Morgan fingerprint density at radius 3 is 2.81 bits per heavy atom. The topological polar surface area (TPSA) is 93.0 Å². The van der Waals surface area contributed by atoms with Gasteiger partial charge in [0.15, 0.2) is 0 Å². The van der Waals surface area contributed by atoms with Crippen molar-refractivity contribution < 1.29 is 9.53 Å². The third-order valence-electron chi connectivity index (χ3n) is 2.78. The molecule has 1 aromatic heterocycles. The first-order valence-corrected chi connectivity index (χ1v) is 6.16. The zero-order valence-electron chi connectivity index (χ0n) is 11.7. The number of nitrogens with one attached hydrogen (secondary N) is 2. The number of carbonyl (C=O) groups excluding carboxylic acids is 1. The fraction of sp³-hybridized carbons (Fsp3) is 0.385. The second-order valence-corrected chi connectivity index (χ2v) is 4.30. The second-order valence-electron chi connectivity index (χ2n) is 4.30. The maximum Gasteiger partial charge on any atom is 0.239 e. The van der Waals surface area contributed by atoms with Crippen molar-refractivity contribution in [3.8, 4) is 0 Å². The van der Waals surface area contributed by atoms with E-state index >= 15 is 0 Å². The molecule has 1 atom stereocenters. The summed E-state index contributed by atoms with van der Waals surface area (Å²) < 4.78 is 4.82. The zero-order chi connectivity index (χ0) is 13.7. The molecule has 1 unspecified atom stereocenters. The summed E-state index contributed by atoms with van der Waals surface area (Å²) in [5.74, 6) is 0.639. The average Bonchev–Trinajstić information content (AvgIpc) is 2.81. The summed E-state index contributed by atoms with van der Waals surface area (Å²) in [6.45, 7) is 0.715. The summed E-state index contributed by atoms with van der Waals surface area (Å²) in [5.41, 5.74) is 7.54. The highest BCUT2D eigenvalue weighted by Crippen LogP contribution is 2.10. The van der Waals surface area contributed by atoms with Crippen LogP contribution in [0.3, 0.4) is 0 Å². The molecule has 2 rings (SSSR count). The molecule has 0 saturated heterocycles. The number of ether oxygens (including phenoxy) is 1. The molecule has 1 heterocycles. The Bertz CT molecular complexity index is 529. The lowest BCUT2D eigenvalue weighted by Gasteiger charge is -2.10. The minimum absolute atomic E-state index is 0. The van der Waals surface area contributed by atoms with Crippen molar-refractivity contribution in [2.45, 2.75) is 12.5 Å². The van der Waals surface area contributed by atoms with Gasteiger partial charge in [-0.25, -0.2) is 4.98 Å². The van der Waals surface area contributed by atoms with Crippen LogP contribution < -0.4 is 11.1 Å². The van der Waals surface area contributed by atoms with E-state index in [0.29, 0.717) is 13.0 Å². The number of aromatic amines is 1. The van der Waals surface area contributed by atoms with Gasteiger partial charge in [-0.3, -0.25) is 4.79 Å². The molecule has 0 fully saturated rings. The summed E-state index contributed by atoms with van der Waals surface area (Å²) >= 11 is 0. The van der Waals surface area contributed by atoms with Crippen molar-refractivity contribution in [1.82, 2.24) is 15.3 Å². The Kier molecular flexibility index (Phi) is 8.96. The maximum absolute atomic E-state index is 11.5. The van der Waals surface area contributed by atoms with E-state index in [9.17, 15) is 4.79 Å². The molecule has 1 amide bonds. The molecule has 0 aliphatic rings. The standard InChI is InChI=1S/C13H18N4O2.2ClH/c1-19-8-9(14)13(18)15-7-6-12-16-10-4-2-3-5-11(10)17-12;;/h2-5,9H,6-8,14H2,1H3,(H,15,18)(H,16,17);2*1H.